The first-order valence-electron chi connectivity index (χ1n) is 6.99. The smallest absolute Gasteiger partial charge is 0.308 e. The summed E-state index contributed by atoms with van der Waals surface area (Å²) in [6, 6.07) is 0. The normalized spacial score (nSPS) is 22.3. The molecule has 2 heterocycles. The van der Waals surface area contributed by atoms with E-state index in [9.17, 15) is 9.59 Å². The van der Waals surface area contributed by atoms with Gasteiger partial charge in [-0.05, 0) is 37.3 Å². The summed E-state index contributed by atoms with van der Waals surface area (Å²) in [6.45, 7) is 4.64. The fourth-order valence-corrected chi connectivity index (χ4v) is 3.03. The number of carboxylic acids is 1. The molecule has 1 aromatic rings. The Hall–Kier alpha value is -1.56. The van der Waals surface area contributed by atoms with E-state index in [1.807, 2.05) is 6.92 Å². The number of aliphatic carboxylic acids is 1. The van der Waals surface area contributed by atoms with Gasteiger partial charge in [0, 0.05) is 25.1 Å². The van der Waals surface area contributed by atoms with Crippen molar-refractivity contribution in [3.05, 3.63) is 16.5 Å². The highest BCUT2D eigenvalue weighted by molar-refractivity contribution is 6.29. The average molecular weight is 315 g/mol. The van der Waals surface area contributed by atoms with Gasteiger partial charge < -0.3 is 14.5 Å². The second kappa shape index (κ2) is 6.47. The highest BCUT2D eigenvalue weighted by atomic mass is 35.5. The van der Waals surface area contributed by atoms with Crippen molar-refractivity contribution < 1.29 is 19.2 Å². The molecule has 1 N–H and O–H groups in total. The third-order valence-corrected chi connectivity index (χ3v) is 4.18. The van der Waals surface area contributed by atoms with Crippen LogP contribution in [-0.2, 0) is 16.0 Å². The molecule has 0 aromatic carbocycles. The molecule has 1 aliphatic rings. The molecule has 0 aliphatic carbocycles. The van der Waals surface area contributed by atoms with Crippen LogP contribution in [0.25, 0.3) is 0 Å². The van der Waals surface area contributed by atoms with Gasteiger partial charge in [0.05, 0.1) is 11.6 Å². The minimum absolute atomic E-state index is 0.0514. The van der Waals surface area contributed by atoms with Crippen LogP contribution in [0.5, 0.6) is 0 Å². The van der Waals surface area contributed by atoms with E-state index in [-0.39, 0.29) is 30.0 Å². The minimum atomic E-state index is -0.836. The zero-order chi connectivity index (χ0) is 15.6. The number of amides is 1. The lowest BCUT2D eigenvalue weighted by atomic mass is 9.90. The van der Waals surface area contributed by atoms with Gasteiger partial charge in [-0.2, -0.15) is 0 Å². The predicted octanol–water partition coefficient (Wildman–Crippen LogP) is 2.14. The highest BCUT2D eigenvalue weighted by Gasteiger charge is 2.31. The molecular formula is C14H19ClN2O4. The van der Waals surface area contributed by atoms with E-state index >= 15 is 0 Å². The fourth-order valence-electron chi connectivity index (χ4n) is 2.76. The topological polar surface area (TPSA) is 83.6 Å². The maximum absolute atomic E-state index is 12.3. The van der Waals surface area contributed by atoms with E-state index in [0.29, 0.717) is 25.1 Å². The number of carbonyl (C=O) groups is 2. The average Bonchev–Trinajstić information content (AvgIpc) is 2.74. The lowest BCUT2D eigenvalue weighted by molar-refractivity contribution is -0.146. The second-order valence-corrected chi connectivity index (χ2v) is 6.04. The Bertz CT molecular complexity index is 524. The van der Waals surface area contributed by atoms with Crippen molar-refractivity contribution in [3.63, 3.8) is 0 Å². The lowest BCUT2D eigenvalue weighted by Crippen LogP contribution is -2.45. The zero-order valence-electron chi connectivity index (χ0n) is 12.1. The first kappa shape index (κ1) is 15.8. The fraction of sp³-hybridized carbons (Fsp3) is 0.643. The summed E-state index contributed by atoms with van der Waals surface area (Å²) >= 11 is 5.87. The Balaban J connectivity index is 1.95. The highest BCUT2D eigenvalue weighted by Crippen LogP contribution is 2.24. The van der Waals surface area contributed by atoms with Crippen molar-refractivity contribution in [3.8, 4) is 0 Å². The number of carboxylic acid groups (broad SMARTS) is 1. The largest absolute Gasteiger partial charge is 0.481 e. The van der Waals surface area contributed by atoms with Crippen molar-refractivity contribution in [1.29, 1.82) is 0 Å². The Morgan fingerprint density at radius 3 is 2.76 bits per heavy atom. The molecule has 2 unspecified atom stereocenters. The van der Waals surface area contributed by atoms with Gasteiger partial charge in [-0.1, -0.05) is 12.1 Å². The van der Waals surface area contributed by atoms with Crippen molar-refractivity contribution >= 4 is 23.5 Å². The van der Waals surface area contributed by atoms with E-state index in [4.69, 9.17) is 21.2 Å². The first-order valence-corrected chi connectivity index (χ1v) is 7.37. The molecule has 6 nitrogen and oxygen atoms in total. The summed E-state index contributed by atoms with van der Waals surface area (Å²) in [6.07, 6.45) is 1.35. The van der Waals surface area contributed by atoms with Gasteiger partial charge >= 0.3 is 5.97 Å². The van der Waals surface area contributed by atoms with Crippen LogP contribution in [0.1, 0.15) is 31.0 Å². The van der Waals surface area contributed by atoms with Gasteiger partial charge in [0.1, 0.15) is 0 Å². The van der Waals surface area contributed by atoms with E-state index in [2.05, 4.69) is 5.16 Å². The SMILES string of the molecule is Cc1noc(Cl)c1CCC(=O)N1CC(C)CC(C(=O)O)C1. The summed E-state index contributed by atoms with van der Waals surface area (Å²) in [7, 11) is 0. The minimum Gasteiger partial charge on any atom is -0.481 e. The standard InChI is InChI=1S/C14H19ClN2O4/c1-8-5-10(14(19)20)7-17(6-8)12(18)4-3-11-9(2)16-21-13(11)15/h8,10H,3-7H2,1-2H3,(H,19,20). The van der Waals surface area contributed by atoms with E-state index < -0.39 is 11.9 Å². The van der Waals surface area contributed by atoms with Crippen LogP contribution < -0.4 is 0 Å². The maximum Gasteiger partial charge on any atom is 0.308 e. The molecule has 1 aliphatic heterocycles. The number of rotatable bonds is 4. The number of halogens is 1. The molecule has 1 saturated heterocycles. The Morgan fingerprint density at radius 1 is 1.48 bits per heavy atom. The van der Waals surface area contributed by atoms with Crippen molar-refractivity contribution in [1.82, 2.24) is 10.1 Å². The number of aryl methyl sites for hydroxylation is 1. The first-order chi connectivity index (χ1) is 9.88. The number of carbonyl (C=O) groups excluding carboxylic acids is 1. The summed E-state index contributed by atoms with van der Waals surface area (Å²) in [5.41, 5.74) is 1.42. The summed E-state index contributed by atoms with van der Waals surface area (Å²) in [4.78, 5) is 25.0. The van der Waals surface area contributed by atoms with Crippen molar-refractivity contribution in [2.75, 3.05) is 13.1 Å². The van der Waals surface area contributed by atoms with Gasteiger partial charge in [0.25, 0.3) is 0 Å². The quantitative estimate of drug-likeness (QED) is 0.920. The maximum atomic E-state index is 12.3. The molecule has 1 aromatic heterocycles. The van der Waals surface area contributed by atoms with Crippen LogP contribution in [0.15, 0.2) is 4.52 Å². The lowest BCUT2D eigenvalue weighted by Gasteiger charge is -2.34. The summed E-state index contributed by atoms with van der Waals surface area (Å²) in [5, 5.41) is 13.1. The predicted molar refractivity (Wildman–Crippen MR) is 76.1 cm³/mol. The van der Waals surface area contributed by atoms with E-state index in [1.165, 1.54) is 0 Å². The Labute approximate surface area is 128 Å². The molecule has 0 saturated carbocycles. The van der Waals surface area contributed by atoms with Crippen LogP contribution in [0.2, 0.25) is 5.22 Å². The van der Waals surface area contributed by atoms with Crippen molar-refractivity contribution in [2.45, 2.75) is 33.1 Å². The van der Waals surface area contributed by atoms with Crippen molar-refractivity contribution in [2.24, 2.45) is 11.8 Å². The third-order valence-electron chi connectivity index (χ3n) is 3.89. The van der Waals surface area contributed by atoms with Crippen LogP contribution in [0.4, 0.5) is 0 Å². The molecule has 0 bridgehead atoms. The van der Waals surface area contributed by atoms with E-state index in [1.54, 1.807) is 11.8 Å². The van der Waals surface area contributed by atoms with Crippen LogP contribution >= 0.6 is 11.6 Å². The summed E-state index contributed by atoms with van der Waals surface area (Å²) < 4.78 is 4.85. The Morgan fingerprint density at radius 2 is 2.19 bits per heavy atom. The number of piperidine rings is 1. The molecule has 2 rings (SSSR count). The van der Waals surface area contributed by atoms with Gasteiger partial charge in [-0.25, -0.2) is 0 Å². The monoisotopic (exact) mass is 314 g/mol. The molecule has 0 spiro atoms. The zero-order valence-corrected chi connectivity index (χ0v) is 12.9. The number of hydrogen-bond donors (Lipinski definition) is 1. The molecule has 1 fully saturated rings. The number of aromatic nitrogens is 1. The Kier molecular flexibility index (Phi) is 4.88. The summed E-state index contributed by atoms with van der Waals surface area (Å²) in [5.74, 6) is -1.16. The second-order valence-electron chi connectivity index (χ2n) is 5.69. The number of likely N-dealkylation sites (tertiary alicyclic amines) is 1. The molecule has 1 amide bonds. The number of nitrogens with zero attached hydrogens (tertiary/aromatic N) is 2. The van der Waals surface area contributed by atoms with Gasteiger partial charge in [-0.3, -0.25) is 9.59 Å². The van der Waals surface area contributed by atoms with Gasteiger partial charge in [-0.15, -0.1) is 0 Å². The third kappa shape index (κ3) is 3.75. The molecule has 21 heavy (non-hydrogen) atoms. The van der Waals surface area contributed by atoms with Gasteiger partial charge in [0.15, 0.2) is 0 Å². The van der Waals surface area contributed by atoms with E-state index in [0.717, 1.165) is 5.56 Å². The molecule has 2 atom stereocenters. The number of hydrogen-bond acceptors (Lipinski definition) is 4. The molecule has 7 heteroatoms. The van der Waals surface area contributed by atoms with Crippen LogP contribution in [0, 0.1) is 18.8 Å². The van der Waals surface area contributed by atoms with Crippen LogP contribution in [0.3, 0.4) is 0 Å². The molecule has 0 radical (unpaired) electrons. The van der Waals surface area contributed by atoms with Crippen LogP contribution in [-0.4, -0.2) is 40.1 Å². The molecule has 116 valence electrons. The van der Waals surface area contributed by atoms with Gasteiger partial charge in [0.2, 0.25) is 11.1 Å². The molecular weight excluding hydrogens is 296 g/mol.